The average Bonchev–Trinajstić information content (AvgIpc) is 3.00. The van der Waals surface area contributed by atoms with Crippen molar-refractivity contribution in [3.63, 3.8) is 0 Å². The van der Waals surface area contributed by atoms with Crippen LogP contribution in [0.25, 0.3) is 0 Å². The lowest BCUT2D eigenvalue weighted by molar-refractivity contribution is -0.521. The van der Waals surface area contributed by atoms with Gasteiger partial charge in [-0.15, -0.1) is 0 Å². The van der Waals surface area contributed by atoms with Crippen LogP contribution in [0.1, 0.15) is 17.0 Å². The van der Waals surface area contributed by atoms with E-state index in [1.54, 1.807) is 13.2 Å². The Hall–Kier alpha value is -2.11. The van der Waals surface area contributed by atoms with Gasteiger partial charge in [0.05, 0.1) is 24.6 Å². The first kappa shape index (κ1) is 16.7. The predicted molar refractivity (Wildman–Crippen MR) is 93.2 cm³/mol. The molecule has 1 aliphatic rings. The van der Waals surface area contributed by atoms with Gasteiger partial charge in [0.1, 0.15) is 5.75 Å². The van der Waals surface area contributed by atoms with Gasteiger partial charge in [0.15, 0.2) is 0 Å². The van der Waals surface area contributed by atoms with Crippen molar-refractivity contribution in [3.05, 3.63) is 74.8 Å². The molecular formula is C18H19ClN2O3. The highest BCUT2D eigenvalue weighted by atomic mass is 35.5. The first-order valence-electron chi connectivity index (χ1n) is 7.82. The third-order valence-electron chi connectivity index (χ3n) is 4.50. The van der Waals surface area contributed by atoms with Crippen LogP contribution < -0.4 is 4.74 Å². The Kier molecular flexibility index (Phi) is 5.02. The molecule has 5 nitrogen and oxygen atoms in total. The van der Waals surface area contributed by atoms with Gasteiger partial charge in [0, 0.05) is 18.0 Å². The number of nitro groups is 1. The standard InChI is InChI=1S/C18H19ClN2O3/c1-24-17-9-5-8-14(18(17)19)15-11-20(12-16(15)21(22)23)10-13-6-3-2-4-7-13/h2-9,15-16H,10-12H2,1H3. The van der Waals surface area contributed by atoms with Crippen LogP contribution in [0.2, 0.25) is 5.02 Å². The Morgan fingerprint density at radius 3 is 2.62 bits per heavy atom. The number of nitrogens with zero attached hydrogens (tertiary/aromatic N) is 2. The summed E-state index contributed by atoms with van der Waals surface area (Å²) in [5.41, 5.74) is 1.94. The van der Waals surface area contributed by atoms with Crippen molar-refractivity contribution in [2.24, 2.45) is 0 Å². The van der Waals surface area contributed by atoms with E-state index in [1.165, 1.54) is 0 Å². The van der Waals surface area contributed by atoms with Crippen LogP contribution in [0.15, 0.2) is 48.5 Å². The Morgan fingerprint density at radius 1 is 1.21 bits per heavy atom. The van der Waals surface area contributed by atoms with Crippen molar-refractivity contribution in [1.82, 2.24) is 4.90 Å². The number of hydrogen-bond donors (Lipinski definition) is 0. The van der Waals surface area contributed by atoms with Crippen molar-refractivity contribution < 1.29 is 9.66 Å². The lowest BCUT2D eigenvalue weighted by Crippen LogP contribution is -2.28. The molecule has 1 fully saturated rings. The SMILES string of the molecule is COc1cccc(C2CN(Cc3ccccc3)CC2[N+](=O)[O-])c1Cl. The minimum absolute atomic E-state index is 0.189. The molecular weight excluding hydrogens is 328 g/mol. The molecule has 2 unspecified atom stereocenters. The predicted octanol–water partition coefficient (Wildman–Crippen LogP) is 3.59. The van der Waals surface area contributed by atoms with Crippen LogP contribution in [-0.2, 0) is 6.54 Å². The van der Waals surface area contributed by atoms with Gasteiger partial charge in [-0.05, 0) is 17.2 Å². The second-order valence-corrected chi connectivity index (χ2v) is 6.38. The zero-order chi connectivity index (χ0) is 17.1. The molecule has 0 amide bonds. The number of halogens is 1. The summed E-state index contributed by atoms with van der Waals surface area (Å²) in [4.78, 5) is 13.5. The van der Waals surface area contributed by atoms with Crippen molar-refractivity contribution in [2.75, 3.05) is 20.2 Å². The van der Waals surface area contributed by atoms with E-state index in [4.69, 9.17) is 16.3 Å². The molecule has 0 spiro atoms. The van der Waals surface area contributed by atoms with Crippen LogP contribution in [-0.4, -0.2) is 36.1 Å². The van der Waals surface area contributed by atoms with E-state index in [9.17, 15) is 10.1 Å². The summed E-state index contributed by atoms with van der Waals surface area (Å²) in [6, 6.07) is 14.8. The molecule has 0 N–H and O–H groups in total. The van der Waals surface area contributed by atoms with Gasteiger partial charge in [-0.3, -0.25) is 15.0 Å². The second kappa shape index (κ2) is 7.20. The third kappa shape index (κ3) is 3.37. The van der Waals surface area contributed by atoms with E-state index >= 15 is 0 Å². The highest BCUT2D eigenvalue weighted by Crippen LogP contribution is 2.38. The quantitative estimate of drug-likeness (QED) is 0.613. The average molecular weight is 347 g/mol. The molecule has 126 valence electrons. The number of hydrogen-bond acceptors (Lipinski definition) is 4. The number of likely N-dealkylation sites (tertiary alicyclic amines) is 1. The summed E-state index contributed by atoms with van der Waals surface area (Å²) in [6.07, 6.45) is 0. The van der Waals surface area contributed by atoms with Crippen LogP contribution in [0.4, 0.5) is 0 Å². The molecule has 0 aliphatic carbocycles. The van der Waals surface area contributed by atoms with Crippen molar-refractivity contribution in [2.45, 2.75) is 18.5 Å². The van der Waals surface area contributed by atoms with E-state index in [0.29, 0.717) is 30.4 Å². The molecule has 1 saturated heterocycles. The number of benzene rings is 2. The molecule has 2 aromatic rings. The summed E-state index contributed by atoms with van der Waals surface area (Å²) in [7, 11) is 1.55. The summed E-state index contributed by atoms with van der Waals surface area (Å²) >= 11 is 6.40. The lowest BCUT2D eigenvalue weighted by Gasteiger charge is -2.17. The highest BCUT2D eigenvalue weighted by molar-refractivity contribution is 6.32. The lowest BCUT2D eigenvalue weighted by atomic mass is 9.94. The van der Waals surface area contributed by atoms with Crippen LogP contribution in [0.5, 0.6) is 5.75 Å². The van der Waals surface area contributed by atoms with E-state index in [0.717, 1.165) is 11.1 Å². The van der Waals surface area contributed by atoms with Crippen LogP contribution >= 0.6 is 11.6 Å². The maximum Gasteiger partial charge on any atom is 0.233 e. The normalized spacial score (nSPS) is 20.9. The Morgan fingerprint density at radius 2 is 1.96 bits per heavy atom. The van der Waals surface area contributed by atoms with E-state index in [-0.39, 0.29) is 10.8 Å². The Labute approximate surface area is 146 Å². The van der Waals surface area contributed by atoms with Gasteiger partial charge in [-0.1, -0.05) is 54.1 Å². The Balaban J connectivity index is 1.85. The molecule has 0 bridgehead atoms. The van der Waals surface area contributed by atoms with E-state index < -0.39 is 6.04 Å². The van der Waals surface area contributed by atoms with E-state index in [2.05, 4.69) is 4.90 Å². The minimum Gasteiger partial charge on any atom is -0.495 e. The van der Waals surface area contributed by atoms with Gasteiger partial charge in [-0.25, -0.2) is 0 Å². The van der Waals surface area contributed by atoms with Gasteiger partial charge in [0.2, 0.25) is 6.04 Å². The summed E-state index contributed by atoms with van der Waals surface area (Å²) in [6.45, 7) is 1.72. The largest absolute Gasteiger partial charge is 0.495 e. The zero-order valence-electron chi connectivity index (χ0n) is 13.4. The zero-order valence-corrected chi connectivity index (χ0v) is 14.1. The fourth-order valence-electron chi connectivity index (χ4n) is 3.33. The molecule has 0 radical (unpaired) electrons. The second-order valence-electron chi connectivity index (χ2n) is 6.00. The summed E-state index contributed by atoms with van der Waals surface area (Å²) < 4.78 is 5.25. The number of methoxy groups -OCH3 is 1. The summed E-state index contributed by atoms with van der Waals surface area (Å²) in [5.74, 6) is 0.309. The van der Waals surface area contributed by atoms with Crippen molar-refractivity contribution in [1.29, 1.82) is 0 Å². The van der Waals surface area contributed by atoms with Gasteiger partial charge < -0.3 is 4.74 Å². The highest BCUT2D eigenvalue weighted by Gasteiger charge is 2.42. The molecule has 3 rings (SSSR count). The molecule has 0 aromatic heterocycles. The fourth-order valence-corrected chi connectivity index (χ4v) is 3.67. The topological polar surface area (TPSA) is 55.6 Å². The third-order valence-corrected chi connectivity index (χ3v) is 4.90. The first-order valence-corrected chi connectivity index (χ1v) is 8.20. The van der Waals surface area contributed by atoms with Gasteiger partial charge in [0.25, 0.3) is 0 Å². The van der Waals surface area contributed by atoms with Gasteiger partial charge in [-0.2, -0.15) is 0 Å². The number of rotatable bonds is 5. The molecule has 24 heavy (non-hydrogen) atoms. The molecule has 2 aromatic carbocycles. The first-order chi connectivity index (χ1) is 11.6. The molecule has 1 aliphatic heterocycles. The molecule has 6 heteroatoms. The smallest absolute Gasteiger partial charge is 0.233 e. The Bertz CT molecular complexity index is 723. The van der Waals surface area contributed by atoms with Crippen molar-refractivity contribution >= 4 is 11.6 Å². The minimum atomic E-state index is -0.668. The number of ether oxygens (including phenoxy) is 1. The van der Waals surface area contributed by atoms with Crippen LogP contribution in [0, 0.1) is 10.1 Å². The molecule has 0 saturated carbocycles. The van der Waals surface area contributed by atoms with E-state index in [1.807, 2.05) is 42.5 Å². The van der Waals surface area contributed by atoms with Crippen molar-refractivity contribution in [3.8, 4) is 5.75 Å². The summed E-state index contributed by atoms with van der Waals surface area (Å²) in [5, 5.41) is 12.0. The maximum atomic E-state index is 11.6. The maximum absolute atomic E-state index is 11.6. The van der Waals surface area contributed by atoms with Crippen LogP contribution in [0.3, 0.4) is 0 Å². The fraction of sp³-hybridized carbons (Fsp3) is 0.333. The molecule has 2 atom stereocenters. The monoisotopic (exact) mass is 346 g/mol. The molecule has 1 heterocycles. The van der Waals surface area contributed by atoms with Gasteiger partial charge >= 0.3 is 0 Å².